The third-order valence-corrected chi connectivity index (χ3v) is 7.78. The Morgan fingerprint density at radius 3 is 2.79 bits per heavy atom. The van der Waals surface area contributed by atoms with Gasteiger partial charge in [-0.15, -0.1) is 0 Å². The van der Waals surface area contributed by atoms with Gasteiger partial charge in [0.25, 0.3) is 5.56 Å². The predicted octanol–water partition coefficient (Wildman–Crippen LogP) is 3.01. The zero-order valence-electron chi connectivity index (χ0n) is 19.3. The van der Waals surface area contributed by atoms with Crippen LogP contribution in [-0.2, 0) is 17.5 Å². The van der Waals surface area contributed by atoms with Gasteiger partial charge in [0, 0.05) is 37.4 Å². The second-order valence-electron chi connectivity index (χ2n) is 9.73. The summed E-state index contributed by atoms with van der Waals surface area (Å²) in [6.45, 7) is 4.93. The highest BCUT2D eigenvalue weighted by Gasteiger charge is 2.31. The van der Waals surface area contributed by atoms with Gasteiger partial charge < -0.3 is 21.1 Å². The van der Waals surface area contributed by atoms with E-state index < -0.39 is 11.0 Å². The second kappa shape index (κ2) is 9.79. The van der Waals surface area contributed by atoms with Crippen molar-refractivity contribution < 1.29 is 9.32 Å². The molecule has 4 rings (SSSR count). The SMILES string of the molecule is CC(C)(CO)CN1Cc2cc(N=C(N)c3c(NC4CCCCC4)cc[nH]c3=O)ccc2S1=O. The number of nitrogens with two attached hydrogens (primary N) is 1. The maximum absolute atomic E-state index is 12.9. The number of amidine groups is 1. The second-order valence-corrected chi connectivity index (χ2v) is 11.2. The maximum atomic E-state index is 12.9. The van der Waals surface area contributed by atoms with Crippen LogP contribution in [0.5, 0.6) is 0 Å². The van der Waals surface area contributed by atoms with Gasteiger partial charge in [-0.1, -0.05) is 33.1 Å². The van der Waals surface area contributed by atoms with Crippen LogP contribution in [0.25, 0.3) is 0 Å². The number of H-pyrrole nitrogens is 1. The summed E-state index contributed by atoms with van der Waals surface area (Å²) in [5, 5.41) is 13.1. The number of rotatable bonds is 7. The number of anilines is 1. The summed E-state index contributed by atoms with van der Waals surface area (Å²) < 4.78 is 14.7. The fraction of sp³-hybridized carbons (Fsp3) is 0.500. The molecule has 0 bridgehead atoms. The molecular weight excluding hydrogens is 438 g/mol. The van der Waals surface area contributed by atoms with E-state index in [0.717, 1.165) is 23.3 Å². The summed E-state index contributed by atoms with van der Waals surface area (Å²) in [6, 6.07) is 7.61. The van der Waals surface area contributed by atoms with Crippen LogP contribution in [0.1, 0.15) is 57.1 Å². The average molecular weight is 472 g/mol. The highest BCUT2D eigenvalue weighted by Crippen LogP contribution is 2.33. The van der Waals surface area contributed by atoms with E-state index in [-0.39, 0.29) is 23.4 Å². The van der Waals surface area contributed by atoms with E-state index in [1.54, 1.807) is 18.3 Å². The number of aromatic nitrogens is 1. The molecule has 0 spiro atoms. The number of pyridine rings is 1. The van der Waals surface area contributed by atoms with Crippen molar-refractivity contribution in [2.24, 2.45) is 16.1 Å². The van der Waals surface area contributed by atoms with Crippen molar-refractivity contribution in [2.45, 2.75) is 63.4 Å². The number of hydrogen-bond donors (Lipinski definition) is 4. The highest BCUT2D eigenvalue weighted by atomic mass is 32.2. The van der Waals surface area contributed by atoms with Crippen molar-refractivity contribution in [3.05, 3.63) is 51.9 Å². The van der Waals surface area contributed by atoms with Crippen molar-refractivity contribution in [3.63, 3.8) is 0 Å². The molecule has 1 fully saturated rings. The summed E-state index contributed by atoms with van der Waals surface area (Å²) in [5.41, 5.74) is 8.27. The summed E-state index contributed by atoms with van der Waals surface area (Å²) in [5.74, 6) is 0.146. The topological polar surface area (TPSA) is 124 Å². The molecule has 1 aliphatic heterocycles. The molecule has 1 atom stereocenters. The van der Waals surface area contributed by atoms with Crippen LogP contribution in [0.3, 0.4) is 0 Å². The quantitative estimate of drug-likeness (QED) is 0.365. The van der Waals surface area contributed by atoms with Crippen LogP contribution < -0.4 is 16.6 Å². The molecular formula is C24H33N5O3S. The molecule has 2 heterocycles. The molecule has 0 amide bonds. The molecule has 178 valence electrons. The van der Waals surface area contributed by atoms with Gasteiger partial charge >= 0.3 is 0 Å². The zero-order valence-corrected chi connectivity index (χ0v) is 20.1. The van der Waals surface area contributed by atoms with Gasteiger partial charge in [0.1, 0.15) is 22.4 Å². The normalized spacial score (nSPS) is 20.1. The van der Waals surface area contributed by atoms with Gasteiger partial charge in [-0.05, 0) is 42.7 Å². The van der Waals surface area contributed by atoms with Crippen LogP contribution in [0.15, 0.2) is 45.1 Å². The molecule has 33 heavy (non-hydrogen) atoms. The third-order valence-electron chi connectivity index (χ3n) is 6.28. The minimum absolute atomic E-state index is 0.0198. The monoisotopic (exact) mass is 471 g/mol. The molecule has 9 heteroatoms. The number of aliphatic hydroxyl groups is 1. The predicted molar refractivity (Wildman–Crippen MR) is 132 cm³/mol. The summed E-state index contributed by atoms with van der Waals surface area (Å²) in [7, 11) is -1.27. The standard InChI is InChI=1S/C24H33N5O3S/c1-24(2,15-30)14-29-13-16-12-18(8-9-20(16)33(29)32)28-22(25)21-19(10-11-26-23(21)31)27-17-6-4-3-5-7-17/h8-12,17,30H,3-7,13-15H2,1-2H3,(H2,25,28)(H2,26,27,31). The number of aliphatic hydroxyl groups excluding tert-OH is 1. The Morgan fingerprint density at radius 2 is 2.06 bits per heavy atom. The number of aliphatic imine (C=N–C) groups is 1. The lowest BCUT2D eigenvalue weighted by atomic mass is 9.95. The van der Waals surface area contributed by atoms with Crippen LogP contribution >= 0.6 is 0 Å². The maximum Gasteiger partial charge on any atom is 0.261 e. The number of nitrogens with one attached hydrogen (secondary N) is 2. The van der Waals surface area contributed by atoms with E-state index in [0.29, 0.717) is 36.1 Å². The van der Waals surface area contributed by atoms with Crippen LogP contribution in [0.4, 0.5) is 11.4 Å². The lowest BCUT2D eigenvalue weighted by Crippen LogP contribution is -2.34. The number of benzene rings is 1. The Morgan fingerprint density at radius 1 is 1.30 bits per heavy atom. The van der Waals surface area contributed by atoms with E-state index in [2.05, 4.69) is 15.3 Å². The van der Waals surface area contributed by atoms with Gasteiger partial charge in [0.2, 0.25) is 0 Å². The van der Waals surface area contributed by atoms with Gasteiger partial charge in [0.15, 0.2) is 0 Å². The van der Waals surface area contributed by atoms with E-state index in [9.17, 15) is 14.1 Å². The number of nitrogens with zero attached hydrogens (tertiary/aromatic N) is 2. The van der Waals surface area contributed by atoms with E-state index in [1.165, 1.54) is 19.3 Å². The first-order chi connectivity index (χ1) is 15.8. The van der Waals surface area contributed by atoms with Gasteiger partial charge in [-0.25, -0.2) is 13.5 Å². The fourth-order valence-electron chi connectivity index (χ4n) is 4.47. The molecule has 2 aromatic rings. The first kappa shape index (κ1) is 23.7. The first-order valence-electron chi connectivity index (χ1n) is 11.5. The molecule has 0 radical (unpaired) electrons. The summed E-state index contributed by atoms with van der Waals surface area (Å²) in [4.78, 5) is 20.6. The zero-order chi connectivity index (χ0) is 23.6. The molecule has 2 aliphatic rings. The third kappa shape index (κ3) is 5.37. The van der Waals surface area contributed by atoms with Gasteiger partial charge in [-0.3, -0.25) is 4.79 Å². The number of fused-ring (bicyclic) bond motifs is 1. The molecule has 1 saturated carbocycles. The molecule has 1 aliphatic carbocycles. The minimum atomic E-state index is -1.27. The van der Waals surface area contributed by atoms with Crippen LogP contribution in [0.2, 0.25) is 0 Å². The Labute approximate surface area is 196 Å². The Kier molecular flexibility index (Phi) is 7.02. The van der Waals surface area contributed by atoms with Crippen LogP contribution in [-0.4, -0.2) is 43.6 Å². The van der Waals surface area contributed by atoms with E-state index >= 15 is 0 Å². The van der Waals surface area contributed by atoms with Gasteiger partial charge in [0.05, 0.1) is 16.3 Å². The van der Waals surface area contributed by atoms with E-state index in [1.807, 2.05) is 30.3 Å². The first-order valence-corrected chi connectivity index (χ1v) is 12.6. The van der Waals surface area contributed by atoms with Crippen LogP contribution in [0, 0.1) is 5.41 Å². The molecule has 8 nitrogen and oxygen atoms in total. The average Bonchev–Trinajstić information content (AvgIpc) is 3.08. The van der Waals surface area contributed by atoms with Crippen molar-refractivity contribution in [2.75, 3.05) is 18.5 Å². The largest absolute Gasteiger partial charge is 0.396 e. The minimum Gasteiger partial charge on any atom is -0.396 e. The van der Waals surface area contributed by atoms with Crippen molar-refractivity contribution in [1.82, 2.24) is 9.29 Å². The fourth-order valence-corrected chi connectivity index (χ4v) is 6.01. The molecule has 1 aromatic heterocycles. The van der Waals surface area contributed by atoms with Crippen molar-refractivity contribution in [3.8, 4) is 0 Å². The Hall–Kier alpha value is -2.49. The highest BCUT2D eigenvalue weighted by molar-refractivity contribution is 7.83. The summed E-state index contributed by atoms with van der Waals surface area (Å²) >= 11 is 0. The Balaban J connectivity index is 1.58. The molecule has 1 aromatic carbocycles. The lowest BCUT2D eigenvalue weighted by Gasteiger charge is -2.26. The molecule has 1 unspecified atom stereocenters. The lowest BCUT2D eigenvalue weighted by molar-refractivity contribution is 0.135. The Bertz CT molecular complexity index is 1120. The molecule has 0 saturated heterocycles. The van der Waals surface area contributed by atoms with Gasteiger partial charge in [-0.2, -0.15) is 0 Å². The molecule has 5 N–H and O–H groups in total. The smallest absolute Gasteiger partial charge is 0.261 e. The van der Waals surface area contributed by atoms with Crippen molar-refractivity contribution >= 4 is 28.2 Å². The summed E-state index contributed by atoms with van der Waals surface area (Å²) in [6.07, 6.45) is 7.40. The number of hydrogen-bond acceptors (Lipinski definition) is 5. The number of aromatic amines is 1. The van der Waals surface area contributed by atoms with Crippen molar-refractivity contribution in [1.29, 1.82) is 0 Å². The van der Waals surface area contributed by atoms with E-state index in [4.69, 9.17) is 5.73 Å².